The number of carbonyl (C=O) groups is 1. The molecule has 0 radical (unpaired) electrons. The average Bonchev–Trinajstić information content (AvgIpc) is 2.50. The van der Waals surface area contributed by atoms with Crippen molar-refractivity contribution < 1.29 is 9.90 Å². The van der Waals surface area contributed by atoms with Crippen LogP contribution in [-0.4, -0.2) is 61.1 Å². The van der Waals surface area contributed by atoms with Crippen LogP contribution in [0.15, 0.2) is 24.3 Å². The van der Waals surface area contributed by atoms with Crippen molar-refractivity contribution in [3.05, 3.63) is 29.8 Å². The van der Waals surface area contributed by atoms with Crippen molar-refractivity contribution in [2.24, 2.45) is 5.92 Å². The Kier molecular flexibility index (Phi) is 6.21. The van der Waals surface area contributed by atoms with Gasteiger partial charge in [-0.25, -0.2) is 0 Å². The Hall–Kier alpha value is -1.59. The zero-order chi connectivity index (χ0) is 15.9. The van der Waals surface area contributed by atoms with Gasteiger partial charge in [0.1, 0.15) is 5.75 Å². The number of nitrogens with zero attached hydrogens (tertiary/aromatic N) is 2. The van der Waals surface area contributed by atoms with Crippen LogP contribution in [0.4, 0.5) is 0 Å². The van der Waals surface area contributed by atoms with E-state index in [1.165, 1.54) is 0 Å². The summed E-state index contributed by atoms with van der Waals surface area (Å²) in [4.78, 5) is 16.5. The summed E-state index contributed by atoms with van der Waals surface area (Å²) in [6, 6.07) is 7.46. The Bertz CT molecular complexity index is 483. The molecule has 1 aliphatic rings. The van der Waals surface area contributed by atoms with Gasteiger partial charge in [0.2, 0.25) is 5.91 Å². The zero-order valence-electron chi connectivity index (χ0n) is 13.6. The van der Waals surface area contributed by atoms with Crippen molar-refractivity contribution in [2.45, 2.75) is 19.4 Å². The molecule has 1 fully saturated rings. The lowest BCUT2D eigenvalue weighted by molar-refractivity contribution is -0.126. The van der Waals surface area contributed by atoms with E-state index in [2.05, 4.69) is 15.1 Å². The second-order valence-corrected chi connectivity index (χ2v) is 6.27. The van der Waals surface area contributed by atoms with Crippen LogP contribution in [0.2, 0.25) is 0 Å². The van der Waals surface area contributed by atoms with E-state index in [-0.39, 0.29) is 11.8 Å². The Labute approximate surface area is 132 Å². The van der Waals surface area contributed by atoms with Gasteiger partial charge in [-0.05, 0) is 46.1 Å². The smallest absolute Gasteiger partial charge is 0.223 e. The van der Waals surface area contributed by atoms with Crippen LogP contribution in [0.1, 0.15) is 18.4 Å². The van der Waals surface area contributed by atoms with Gasteiger partial charge in [-0.2, -0.15) is 0 Å². The number of nitrogens with one attached hydrogen (secondary N) is 1. The summed E-state index contributed by atoms with van der Waals surface area (Å²) in [5.41, 5.74) is 0.955. The van der Waals surface area contributed by atoms with Gasteiger partial charge in [-0.15, -0.1) is 0 Å². The number of hydrogen-bond acceptors (Lipinski definition) is 4. The van der Waals surface area contributed by atoms with Crippen LogP contribution in [0.25, 0.3) is 0 Å². The van der Waals surface area contributed by atoms with E-state index in [9.17, 15) is 9.90 Å². The van der Waals surface area contributed by atoms with Crippen molar-refractivity contribution >= 4 is 5.91 Å². The highest BCUT2D eigenvalue weighted by Gasteiger charge is 2.24. The highest BCUT2D eigenvalue weighted by atomic mass is 16.3. The number of phenolic OH excluding ortho intramolecular Hbond substituents is 1. The van der Waals surface area contributed by atoms with Gasteiger partial charge in [0.15, 0.2) is 0 Å². The predicted molar refractivity (Wildman–Crippen MR) is 87.7 cm³/mol. The molecule has 1 amide bonds. The minimum absolute atomic E-state index is 0.128. The van der Waals surface area contributed by atoms with Crippen molar-refractivity contribution in [1.29, 1.82) is 0 Å². The lowest BCUT2D eigenvalue weighted by atomic mass is 9.95. The molecule has 22 heavy (non-hydrogen) atoms. The molecule has 1 aromatic carbocycles. The topological polar surface area (TPSA) is 55.8 Å². The third-order valence-electron chi connectivity index (χ3n) is 4.20. The molecule has 5 heteroatoms. The van der Waals surface area contributed by atoms with Crippen LogP contribution in [-0.2, 0) is 11.3 Å². The standard InChI is InChI=1S/C17H27N3O2/c1-19(2)12-9-18-17(22)14-7-10-20(11-8-14)13-15-5-3-4-6-16(15)21/h3-6,14,21H,7-13H2,1-2H3,(H,18,22). The Morgan fingerprint density at radius 1 is 1.32 bits per heavy atom. The Morgan fingerprint density at radius 2 is 2.00 bits per heavy atom. The van der Waals surface area contributed by atoms with Gasteiger partial charge in [0.25, 0.3) is 0 Å². The molecule has 0 aromatic heterocycles. The second kappa shape index (κ2) is 8.15. The number of likely N-dealkylation sites (tertiary alicyclic amines) is 1. The van der Waals surface area contributed by atoms with E-state index >= 15 is 0 Å². The van der Waals surface area contributed by atoms with E-state index in [1.807, 2.05) is 32.3 Å². The van der Waals surface area contributed by atoms with E-state index in [1.54, 1.807) is 6.07 Å². The minimum Gasteiger partial charge on any atom is -0.508 e. The second-order valence-electron chi connectivity index (χ2n) is 6.27. The monoisotopic (exact) mass is 305 g/mol. The summed E-state index contributed by atoms with van der Waals surface area (Å²) < 4.78 is 0. The Morgan fingerprint density at radius 3 is 2.64 bits per heavy atom. The molecule has 0 aliphatic carbocycles. The van der Waals surface area contributed by atoms with Gasteiger partial charge >= 0.3 is 0 Å². The van der Waals surface area contributed by atoms with Crippen LogP contribution >= 0.6 is 0 Å². The van der Waals surface area contributed by atoms with Crippen LogP contribution in [0, 0.1) is 5.92 Å². The molecular formula is C17H27N3O2. The summed E-state index contributed by atoms with van der Waals surface area (Å²) in [5, 5.41) is 12.8. The van der Waals surface area contributed by atoms with E-state index in [0.717, 1.165) is 44.6 Å². The van der Waals surface area contributed by atoms with E-state index < -0.39 is 0 Å². The van der Waals surface area contributed by atoms with Gasteiger partial charge in [-0.1, -0.05) is 18.2 Å². The molecule has 1 aromatic rings. The first-order valence-electron chi connectivity index (χ1n) is 7.98. The molecule has 1 aliphatic heterocycles. The van der Waals surface area contributed by atoms with E-state index in [0.29, 0.717) is 12.3 Å². The quantitative estimate of drug-likeness (QED) is 0.831. The maximum atomic E-state index is 12.1. The summed E-state index contributed by atoms with van der Waals surface area (Å²) in [6.07, 6.45) is 1.78. The van der Waals surface area contributed by atoms with E-state index in [4.69, 9.17) is 0 Å². The molecule has 1 heterocycles. The molecule has 2 N–H and O–H groups in total. The molecule has 122 valence electrons. The minimum atomic E-state index is 0.128. The van der Waals surface area contributed by atoms with Gasteiger partial charge < -0.3 is 15.3 Å². The van der Waals surface area contributed by atoms with Gasteiger partial charge in [-0.3, -0.25) is 9.69 Å². The third-order valence-corrected chi connectivity index (χ3v) is 4.20. The first-order valence-corrected chi connectivity index (χ1v) is 7.98. The number of hydrogen-bond donors (Lipinski definition) is 2. The fourth-order valence-electron chi connectivity index (χ4n) is 2.79. The number of piperidine rings is 1. The summed E-state index contributed by atoms with van der Waals surface area (Å²) in [6.45, 7) is 4.14. The molecule has 0 bridgehead atoms. The van der Waals surface area contributed by atoms with Crippen molar-refractivity contribution in [2.75, 3.05) is 40.3 Å². The van der Waals surface area contributed by atoms with Gasteiger partial charge in [0.05, 0.1) is 0 Å². The fraction of sp³-hybridized carbons (Fsp3) is 0.588. The normalized spacial score (nSPS) is 16.9. The number of aromatic hydroxyl groups is 1. The maximum absolute atomic E-state index is 12.1. The number of benzene rings is 1. The van der Waals surface area contributed by atoms with Crippen molar-refractivity contribution in [3.8, 4) is 5.75 Å². The van der Waals surface area contributed by atoms with Crippen LogP contribution in [0.5, 0.6) is 5.75 Å². The largest absolute Gasteiger partial charge is 0.508 e. The number of para-hydroxylation sites is 1. The maximum Gasteiger partial charge on any atom is 0.223 e. The fourth-order valence-corrected chi connectivity index (χ4v) is 2.79. The summed E-state index contributed by atoms with van der Waals surface area (Å²) >= 11 is 0. The zero-order valence-corrected chi connectivity index (χ0v) is 13.6. The van der Waals surface area contributed by atoms with Gasteiger partial charge in [0, 0.05) is 31.1 Å². The SMILES string of the molecule is CN(C)CCNC(=O)C1CCN(Cc2ccccc2O)CC1. The molecule has 0 spiro atoms. The number of rotatable bonds is 6. The molecule has 0 atom stereocenters. The van der Waals surface area contributed by atoms with Crippen molar-refractivity contribution in [1.82, 2.24) is 15.1 Å². The molecular weight excluding hydrogens is 278 g/mol. The summed E-state index contributed by atoms with van der Waals surface area (Å²) in [7, 11) is 4.01. The lowest BCUT2D eigenvalue weighted by Gasteiger charge is -2.31. The number of likely N-dealkylation sites (N-methyl/N-ethyl adjacent to an activating group) is 1. The number of phenols is 1. The molecule has 0 saturated carbocycles. The number of carbonyl (C=O) groups excluding carboxylic acids is 1. The molecule has 5 nitrogen and oxygen atoms in total. The lowest BCUT2D eigenvalue weighted by Crippen LogP contribution is -2.41. The van der Waals surface area contributed by atoms with Crippen LogP contribution in [0.3, 0.4) is 0 Å². The van der Waals surface area contributed by atoms with Crippen LogP contribution < -0.4 is 5.32 Å². The average molecular weight is 305 g/mol. The highest BCUT2D eigenvalue weighted by molar-refractivity contribution is 5.78. The highest BCUT2D eigenvalue weighted by Crippen LogP contribution is 2.22. The molecule has 1 saturated heterocycles. The third kappa shape index (κ3) is 5.00. The molecule has 0 unspecified atom stereocenters. The Balaban J connectivity index is 1.73. The van der Waals surface area contributed by atoms with Crippen molar-refractivity contribution in [3.63, 3.8) is 0 Å². The summed E-state index contributed by atoms with van der Waals surface area (Å²) in [5.74, 6) is 0.665. The first kappa shape index (κ1) is 16.8. The number of amides is 1. The molecule has 2 rings (SSSR count). The predicted octanol–water partition coefficient (Wildman–Crippen LogP) is 1.28. The first-order chi connectivity index (χ1) is 10.6.